The second-order valence-corrected chi connectivity index (χ2v) is 2.08. The molecule has 0 saturated carbocycles. The van der Waals surface area contributed by atoms with Gasteiger partial charge in [0, 0.05) is 0 Å². The first-order chi connectivity index (χ1) is 5.16. The molecule has 1 aromatic carbocycles. The third-order valence-electron chi connectivity index (χ3n) is 1.38. The molecule has 0 aliphatic heterocycles. The van der Waals surface area contributed by atoms with E-state index in [2.05, 4.69) is 6.92 Å². The summed E-state index contributed by atoms with van der Waals surface area (Å²) in [5.41, 5.74) is 0.0869. The fourth-order valence-corrected chi connectivity index (χ4v) is 0.759. The normalized spacial score (nSPS) is 10.2. The topological polar surface area (TPSA) is 0 Å². The Kier molecular flexibility index (Phi) is 2.17. The third kappa shape index (κ3) is 1.37. The molecule has 1 rings (SSSR count). The molecule has 0 atom stereocenters. The number of hydrogen-bond donors (Lipinski definition) is 0. The summed E-state index contributed by atoms with van der Waals surface area (Å²) >= 11 is 0. The van der Waals surface area contributed by atoms with E-state index in [1.165, 1.54) is 6.07 Å². The number of rotatable bonds is 1. The van der Waals surface area contributed by atoms with Gasteiger partial charge in [0.25, 0.3) is 0 Å². The SMILES string of the molecule is [CH2]Cc1ccc(F)c(F)c1F. The van der Waals surface area contributed by atoms with E-state index in [0.29, 0.717) is 0 Å². The molecule has 0 aromatic heterocycles. The zero-order chi connectivity index (χ0) is 8.43. The van der Waals surface area contributed by atoms with Gasteiger partial charge in [0.15, 0.2) is 17.5 Å². The maximum atomic E-state index is 12.6. The Balaban J connectivity index is 3.25. The zero-order valence-corrected chi connectivity index (χ0v) is 5.70. The van der Waals surface area contributed by atoms with Gasteiger partial charge in [-0.1, -0.05) is 6.07 Å². The van der Waals surface area contributed by atoms with Crippen molar-refractivity contribution >= 4 is 0 Å². The summed E-state index contributed by atoms with van der Waals surface area (Å²) in [6.45, 7) is 3.36. The van der Waals surface area contributed by atoms with Crippen LogP contribution in [0.2, 0.25) is 0 Å². The van der Waals surface area contributed by atoms with Gasteiger partial charge < -0.3 is 0 Å². The molecule has 1 radical (unpaired) electrons. The van der Waals surface area contributed by atoms with E-state index in [0.717, 1.165) is 6.07 Å². The predicted molar refractivity (Wildman–Crippen MR) is 35.4 cm³/mol. The molecule has 0 heterocycles. The molecule has 11 heavy (non-hydrogen) atoms. The summed E-state index contributed by atoms with van der Waals surface area (Å²) in [5, 5.41) is 0. The average Bonchev–Trinajstić information content (AvgIpc) is 2.01. The van der Waals surface area contributed by atoms with E-state index in [9.17, 15) is 13.2 Å². The van der Waals surface area contributed by atoms with Crippen molar-refractivity contribution < 1.29 is 13.2 Å². The van der Waals surface area contributed by atoms with Crippen LogP contribution in [-0.2, 0) is 6.42 Å². The number of halogens is 3. The summed E-state index contributed by atoms with van der Waals surface area (Å²) in [4.78, 5) is 0. The lowest BCUT2D eigenvalue weighted by Gasteiger charge is -1.99. The van der Waals surface area contributed by atoms with Crippen LogP contribution in [0.5, 0.6) is 0 Å². The first kappa shape index (κ1) is 8.11. The van der Waals surface area contributed by atoms with Crippen molar-refractivity contribution in [3.05, 3.63) is 42.1 Å². The maximum Gasteiger partial charge on any atom is 0.194 e. The molecule has 3 heteroatoms. The minimum absolute atomic E-state index is 0.0869. The van der Waals surface area contributed by atoms with Crippen LogP contribution < -0.4 is 0 Å². The minimum atomic E-state index is -1.42. The molecule has 0 saturated heterocycles. The van der Waals surface area contributed by atoms with Crippen molar-refractivity contribution in [1.82, 2.24) is 0 Å². The average molecular weight is 159 g/mol. The van der Waals surface area contributed by atoms with E-state index in [4.69, 9.17) is 0 Å². The highest BCUT2D eigenvalue weighted by molar-refractivity contribution is 5.20. The minimum Gasteiger partial charge on any atom is -0.204 e. The van der Waals surface area contributed by atoms with Crippen molar-refractivity contribution in [1.29, 1.82) is 0 Å². The first-order valence-corrected chi connectivity index (χ1v) is 3.08. The number of benzene rings is 1. The molecule has 0 spiro atoms. The fourth-order valence-electron chi connectivity index (χ4n) is 0.759. The van der Waals surface area contributed by atoms with Crippen LogP contribution in [0.25, 0.3) is 0 Å². The van der Waals surface area contributed by atoms with Crippen LogP contribution in [0.4, 0.5) is 13.2 Å². The second-order valence-electron chi connectivity index (χ2n) is 2.08. The fraction of sp³-hybridized carbons (Fsp3) is 0.125. The Labute approximate surface area is 62.7 Å². The molecule has 0 aliphatic carbocycles. The molecule has 0 aliphatic rings. The van der Waals surface area contributed by atoms with E-state index in [1.54, 1.807) is 0 Å². The van der Waals surface area contributed by atoms with Gasteiger partial charge in [-0.2, -0.15) is 0 Å². The molecule has 0 fully saturated rings. The van der Waals surface area contributed by atoms with Gasteiger partial charge in [-0.3, -0.25) is 0 Å². The Hall–Kier alpha value is -0.990. The van der Waals surface area contributed by atoms with Gasteiger partial charge in [0.05, 0.1) is 0 Å². The van der Waals surface area contributed by atoms with Crippen molar-refractivity contribution in [3.63, 3.8) is 0 Å². The second kappa shape index (κ2) is 2.95. The van der Waals surface area contributed by atoms with Crippen LogP contribution in [0.1, 0.15) is 5.56 Å². The molecule has 0 bridgehead atoms. The summed E-state index contributed by atoms with van der Waals surface area (Å²) in [7, 11) is 0. The van der Waals surface area contributed by atoms with Gasteiger partial charge in [-0.05, 0) is 25.0 Å². The summed E-state index contributed by atoms with van der Waals surface area (Å²) in [6, 6.07) is 2.07. The lowest BCUT2D eigenvalue weighted by atomic mass is 10.1. The Morgan fingerprint density at radius 3 is 2.27 bits per heavy atom. The van der Waals surface area contributed by atoms with Gasteiger partial charge in [0.2, 0.25) is 0 Å². The third-order valence-corrected chi connectivity index (χ3v) is 1.38. The highest BCUT2D eigenvalue weighted by Gasteiger charge is 2.10. The van der Waals surface area contributed by atoms with Crippen molar-refractivity contribution in [2.75, 3.05) is 0 Å². The highest BCUT2D eigenvalue weighted by atomic mass is 19.2. The Morgan fingerprint density at radius 1 is 1.09 bits per heavy atom. The van der Waals surface area contributed by atoms with Crippen molar-refractivity contribution in [2.45, 2.75) is 6.42 Å². The van der Waals surface area contributed by atoms with Crippen LogP contribution in [0.3, 0.4) is 0 Å². The van der Waals surface area contributed by atoms with Crippen LogP contribution >= 0.6 is 0 Å². The van der Waals surface area contributed by atoms with Gasteiger partial charge in [-0.15, -0.1) is 0 Å². The first-order valence-electron chi connectivity index (χ1n) is 3.08. The molecule has 0 nitrogen and oxygen atoms in total. The van der Waals surface area contributed by atoms with E-state index < -0.39 is 17.5 Å². The molecule has 59 valence electrons. The Bertz CT molecular complexity index is 268. The van der Waals surface area contributed by atoms with Crippen molar-refractivity contribution in [3.8, 4) is 0 Å². The molecular weight excluding hydrogens is 153 g/mol. The monoisotopic (exact) mass is 159 g/mol. The standard InChI is InChI=1S/C8H6F3/c1-2-5-3-4-6(9)8(11)7(5)10/h3-4H,1-2H2. The summed E-state index contributed by atoms with van der Waals surface area (Å²) in [5.74, 6) is -3.73. The largest absolute Gasteiger partial charge is 0.204 e. The van der Waals surface area contributed by atoms with Crippen molar-refractivity contribution in [2.24, 2.45) is 0 Å². The maximum absolute atomic E-state index is 12.6. The van der Waals surface area contributed by atoms with E-state index in [-0.39, 0.29) is 12.0 Å². The lowest BCUT2D eigenvalue weighted by molar-refractivity contribution is 0.442. The highest BCUT2D eigenvalue weighted by Crippen LogP contribution is 2.14. The van der Waals surface area contributed by atoms with Crippen LogP contribution in [-0.4, -0.2) is 0 Å². The van der Waals surface area contributed by atoms with Gasteiger partial charge in [0.1, 0.15) is 0 Å². The van der Waals surface area contributed by atoms with Gasteiger partial charge in [-0.25, -0.2) is 13.2 Å². The van der Waals surface area contributed by atoms with Crippen LogP contribution in [0, 0.1) is 24.4 Å². The van der Waals surface area contributed by atoms with Gasteiger partial charge >= 0.3 is 0 Å². The molecule has 0 amide bonds. The number of hydrogen-bond acceptors (Lipinski definition) is 0. The lowest BCUT2D eigenvalue weighted by Crippen LogP contribution is -1.95. The zero-order valence-electron chi connectivity index (χ0n) is 5.70. The predicted octanol–water partition coefficient (Wildman–Crippen LogP) is 2.48. The van der Waals surface area contributed by atoms with E-state index in [1.807, 2.05) is 0 Å². The molecule has 0 unspecified atom stereocenters. The smallest absolute Gasteiger partial charge is 0.194 e. The Morgan fingerprint density at radius 2 is 1.73 bits per heavy atom. The quantitative estimate of drug-likeness (QED) is 0.552. The molecule has 0 N–H and O–H groups in total. The van der Waals surface area contributed by atoms with Crippen LogP contribution in [0.15, 0.2) is 12.1 Å². The summed E-state index contributed by atoms with van der Waals surface area (Å²) < 4.78 is 37.3. The molecule has 1 aromatic rings. The van der Waals surface area contributed by atoms with E-state index >= 15 is 0 Å². The molecular formula is C8H6F3. The summed E-state index contributed by atoms with van der Waals surface area (Å²) in [6.07, 6.45) is 0.114.